The van der Waals surface area contributed by atoms with Crippen LogP contribution in [0.15, 0.2) is 53.4 Å². The van der Waals surface area contributed by atoms with Crippen LogP contribution in [0.1, 0.15) is 31.9 Å². The molecule has 2 N–H and O–H groups in total. The van der Waals surface area contributed by atoms with Crippen molar-refractivity contribution in [1.82, 2.24) is 0 Å². The Labute approximate surface area is 173 Å². The van der Waals surface area contributed by atoms with E-state index < -0.39 is 15.9 Å². The first-order valence-electron chi connectivity index (χ1n) is 8.73. The number of nitriles is 1. The molecule has 0 aliphatic heterocycles. The Morgan fingerprint density at radius 2 is 1.69 bits per heavy atom. The Balaban J connectivity index is 1.91. The van der Waals surface area contributed by atoms with Crippen molar-refractivity contribution in [2.75, 3.05) is 10.0 Å². The van der Waals surface area contributed by atoms with E-state index in [1.165, 1.54) is 35.6 Å². The lowest BCUT2D eigenvalue weighted by Gasteiger charge is -2.12. The Morgan fingerprint density at radius 1 is 1.03 bits per heavy atom. The third-order valence-corrected chi connectivity index (χ3v) is 6.98. The highest BCUT2D eigenvalue weighted by Crippen LogP contribution is 2.32. The van der Waals surface area contributed by atoms with Gasteiger partial charge in [-0.05, 0) is 50.6 Å². The van der Waals surface area contributed by atoms with Crippen molar-refractivity contribution in [1.29, 1.82) is 5.26 Å². The molecule has 29 heavy (non-hydrogen) atoms. The fraction of sp³-hybridized carbons (Fsp3) is 0.143. The molecule has 0 bridgehead atoms. The average Bonchev–Trinajstić information content (AvgIpc) is 2.95. The lowest BCUT2D eigenvalue weighted by molar-refractivity contribution is 0.102. The Bertz CT molecular complexity index is 1220. The normalized spacial score (nSPS) is 11.0. The number of carbonyl (C=O) groups is 1. The molecular weight excluding hydrogens is 406 g/mol. The molecule has 148 valence electrons. The van der Waals surface area contributed by atoms with Crippen molar-refractivity contribution < 1.29 is 13.2 Å². The molecule has 0 radical (unpaired) electrons. The van der Waals surface area contributed by atoms with Crippen molar-refractivity contribution in [2.45, 2.75) is 25.7 Å². The van der Waals surface area contributed by atoms with E-state index in [1.54, 1.807) is 24.3 Å². The number of sulfonamides is 1. The number of aryl methyl sites for hydroxylation is 2. The third-order valence-electron chi connectivity index (χ3n) is 4.47. The highest BCUT2D eigenvalue weighted by molar-refractivity contribution is 7.92. The van der Waals surface area contributed by atoms with Crippen LogP contribution in [0.2, 0.25) is 0 Å². The Hall–Kier alpha value is -3.15. The molecule has 3 rings (SSSR count). The van der Waals surface area contributed by atoms with Crippen LogP contribution < -0.4 is 10.0 Å². The van der Waals surface area contributed by atoms with Gasteiger partial charge in [-0.25, -0.2) is 8.42 Å². The predicted molar refractivity (Wildman–Crippen MR) is 115 cm³/mol. The second kappa shape index (κ2) is 8.07. The van der Waals surface area contributed by atoms with Crippen molar-refractivity contribution in [3.63, 3.8) is 0 Å². The van der Waals surface area contributed by atoms with E-state index in [1.807, 2.05) is 20.8 Å². The maximum absolute atomic E-state index is 12.8. The van der Waals surface area contributed by atoms with Crippen LogP contribution >= 0.6 is 11.3 Å². The first-order chi connectivity index (χ1) is 13.7. The summed E-state index contributed by atoms with van der Waals surface area (Å²) >= 11 is 1.31. The lowest BCUT2D eigenvalue weighted by Crippen LogP contribution is -2.18. The van der Waals surface area contributed by atoms with Crippen molar-refractivity contribution >= 4 is 38.0 Å². The number of hydrogen-bond donors (Lipinski definition) is 2. The molecule has 3 aromatic rings. The molecule has 0 saturated carbocycles. The predicted octanol–water partition coefficient (Wildman–Crippen LogP) is 4.60. The fourth-order valence-electron chi connectivity index (χ4n) is 2.71. The summed E-state index contributed by atoms with van der Waals surface area (Å²) in [5.41, 5.74) is 2.50. The number of rotatable bonds is 5. The monoisotopic (exact) mass is 425 g/mol. The summed E-state index contributed by atoms with van der Waals surface area (Å²) in [6.45, 7) is 5.57. The summed E-state index contributed by atoms with van der Waals surface area (Å²) in [7, 11) is -3.85. The minimum absolute atomic E-state index is 0.106. The van der Waals surface area contributed by atoms with Gasteiger partial charge in [0.15, 0.2) is 0 Å². The Morgan fingerprint density at radius 3 is 2.34 bits per heavy atom. The number of thiophene rings is 1. The second-order valence-electron chi connectivity index (χ2n) is 6.52. The number of anilines is 2. The Kier molecular flexibility index (Phi) is 5.73. The summed E-state index contributed by atoms with van der Waals surface area (Å²) < 4.78 is 27.9. The standard InChI is InChI=1S/C21H19N3O3S2/c1-13-8-10-16(11-9-13)29(26,27)24-19-7-5-4-6-17(19)20(25)23-21-18(12-22)14(2)15(3)28-21/h4-11,24H,1-3H3,(H,23,25). The summed E-state index contributed by atoms with van der Waals surface area (Å²) in [6.07, 6.45) is 0. The van der Waals surface area contributed by atoms with Gasteiger partial charge in [-0.2, -0.15) is 5.26 Å². The van der Waals surface area contributed by atoms with Gasteiger partial charge >= 0.3 is 0 Å². The number of amides is 1. The van der Waals surface area contributed by atoms with Crippen LogP contribution in [0.4, 0.5) is 10.7 Å². The van der Waals surface area contributed by atoms with E-state index in [9.17, 15) is 18.5 Å². The SMILES string of the molecule is Cc1ccc(S(=O)(=O)Nc2ccccc2C(=O)Nc2sc(C)c(C)c2C#N)cc1. The van der Waals surface area contributed by atoms with Gasteiger partial charge in [0.2, 0.25) is 0 Å². The van der Waals surface area contributed by atoms with Gasteiger partial charge in [-0.1, -0.05) is 29.8 Å². The summed E-state index contributed by atoms with van der Waals surface area (Å²) in [6, 6.07) is 14.9. The zero-order chi connectivity index (χ0) is 21.2. The molecule has 8 heteroatoms. The fourth-order valence-corrected chi connectivity index (χ4v) is 4.80. The zero-order valence-corrected chi connectivity index (χ0v) is 17.7. The number of nitrogens with one attached hydrogen (secondary N) is 2. The highest BCUT2D eigenvalue weighted by atomic mass is 32.2. The van der Waals surface area contributed by atoms with E-state index in [0.717, 1.165) is 16.0 Å². The quantitative estimate of drug-likeness (QED) is 0.624. The third kappa shape index (κ3) is 4.31. The molecule has 1 aromatic heterocycles. The van der Waals surface area contributed by atoms with Gasteiger partial charge < -0.3 is 5.32 Å². The van der Waals surface area contributed by atoms with Gasteiger partial charge in [0.1, 0.15) is 11.1 Å². The zero-order valence-electron chi connectivity index (χ0n) is 16.1. The molecular formula is C21H19N3O3S2. The van der Waals surface area contributed by atoms with Gasteiger partial charge in [0, 0.05) is 4.88 Å². The van der Waals surface area contributed by atoms with Gasteiger partial charge in [0.25, 0.3) is 15.9 Å². The highest BCUT2D eigenvalue weighted by Gasteiger charge is 2.20. The van der Waals surface area contributed by atoms with E-state index in [4.69, 9.17) is 0 Å². The van der Waals surface area contributed by atoms with Gasteiger partial charge in [-0.3, -0.25) is 9.52 Å². The maximum Gasteiger partial charge on any atom is 0.261 e. The molecule has 0 spiro atoms. The number of para-hydroxylation sites is 1. The number of hydrogen-bond acceptors (Lipinski definition) is 5. The first-order valence-corrected chi connectivity index (χ1v) is 11.0. The molecule has 0 atom stereocenters. The lowest BCUT2D eigenvalue weighted by atomic mass is 10.1. The molecule has 0 aliphatic carbocycles. The molecule has 0 unspecified atom stereocenters. The molecule has 0 aliphatic rings. The van der Waals surface area contributed by atoms with Crippen LogP contribution in [0.5, 0.6) is 0 Å². The summed E-state index contributed by atoms with van der Waals surface area (Å²) in [4.78, 5) is 13.9. The number of benzene rings is 2. The number of carbonyl (C=O) groups excluding carboxylic acids is 1. The smallest absolute Gasteiger partial charge is 0.261 e. The topological polar surface area (TPSA) is 99.1 Å². The van der Waals surface area contributed by atoms with Crippen molar-refractivity contribution in [3.8, 4) is 6.07 Å². The van der Waals surface area contributed by atoms with Crippen LogP contribution in [0.25, 0.3) is 0 Å². The van der Waals surface area contributed by atoms with E-state index >= 15 is 0 Å². The summed E-state index contributed by atoms with van der Waals surface area (Å²) in [5, 5.41) is 12.5. The second-order valence-corrected chi connectivity index (χ2v) is 9.42. The minimum atomic E-state index is -3.85. The van der Waals surface area contributed by atoms with Crippen LogP contribution in [-0.4, -0.2) is 14.3 Å². The van der Waals surface area contributed by atoms with E-state index in [0.29, 0.717) is 10.6 Å². The molecule has 1 heterocycles. The van der Waals surface area contributed by atoms with E-state index in [-0.39, 0.29) is 16.1 Å². The van der Waals surface area contributed by atoms with Crippen LogP contribution in [-0.2, 0) is 10.0 Å². The van der Waals surface area contributed by atoms with Gasteiger partial charge in [0.05, 0.1) is 21.7 Å². The first kappa shape index (κ1) is 20.6. The molecule has 1 amide bonds. The van der Waals surface area contributed by atoms with Crippen molar-refractivity contribution in [3.05, 3.63) is 75.7 Å². The molecule has 0 saturated heterocycles. The summed E-state index contributed by atoms with van der Waals surface area (Å²) in [5.74, 6) is -0.495. The van der Waals surface area contributed by atoms with E-state index in [2.05, 4.69) is 16.1 Å². The molecule has 0 fully saturated rings. The average molecular weight is 426 g/mol. The number of nitrogens with zero attached hydrogens (tertiary/aromatic N) is 1. The van der Waals surface area contributed by atoms with Crippen LogP contribution in [0, 0.1) is 32.1 Å². The van der Waals surface area contributed by atoms with Crippen molar-refractivity contribution in [2.24, 2.45) is 0 Å². The molecule has 6 nitrogen and oxygen atoms in total. The van der Waals surface area contributed by atoms with Gasteiger partial charge in [-0.15, -0.1) is 11.3 Å². The minimum Gasteiger partial charge on any atom is -0.312 e. The van der Waals surface area contributed by atoms with Crippen LogP contribution in [0.3, 0.4) is 0 Å². The largest absolute Gasteiger partial charge is 0.312 e. The maximum atomic E-state index is 12.8. The molecule has 2 aromatic carbocycles.